The second-order valence-corrected chi connectivity index (χ2v) is 8.85. The van der Waals surface area contributed by atoms with E-state index in [2.05, 4.69) is 10.6 Å². The van der Waals surface area contributed by atoms with Crippen molar-refractivity contribution < 1.29 is 14.0 Å². The molecule has 0 aliphatic heterocycles. The van der Waals surface area contributed by atoms with Crippen LogP contribution < -0.4 is 10.6 Å². The van der Waals surface area contributed by atoms with Gasteiger partial charge in [0, 0.05) is 21.3 Å². The molecular weight excluding hydrogens is 456 g/mol. The van der Waals surface area contributed by atoms with E-state index < -0.39 is 5.25 Å². The number of hydrogen-bond donors (Lipinski definition) is 2. The standard InChI is InChI=1S/C26H21ClN2O3S/c1-17-21(27)9-5-10-22(17)29-26(31)24(18-7-3-2-4-8-18)33-20-14-12-19(13-15-20)28-25(30)23-11-6-16-32-23/h2-16,24H,1H3,(H,28,30)(H,29,31). The maximum absolute atomic E-state index is 13.3. The molecule has 166 valence electrons. The fourth-order valence-corrected chi connectivity index (χ4v) is 4.39. The van der Waals surface area contributed by atoms with Crippen LogP contribution in [-0.2, 0) is 4.79 Å². The van der Waals surface area contributed by atoms with E-state index >= 15 is 0 Å². The van der Waals surface area contributed by atoms with Gasteiger partial charge in [-0.1, -0.05) is 48.0 Å². The minimum absolute atomic E-state index is 0.147. The topological polar surface area (TPSA) is 71.3 Å². The Labute approximate surface area is 201 Å². The molecule has 33 heavy (non-hydrogen) atoms. The van der Waals surface area contributed by atoms with Gasteiger partial charge in [0.1, 0.15) is 5.25 Å². The number of halogens is 1. The number of anilines is 2. The summed E-state index contributed by atoms with van der Waals surface area (Å²) in [5.41, 5.74) is 3.02. The van der Waals surface area contributed by atoms with Crippen molar-refractivity contribution in [3.8, 4) is 0 Å². The first-order chi connectivity index (χ1) is 16.0. The molecule has 0 saturated heterocycles. The van der Waals surface area contributed by atoms with Crippen LogP contribution >= 0.6 is 23.4 Å². The lowest BCUT2D eigenvalue weighted by molar-refractivity contribution is -0.115. The van der Waals surface area contributed by atoms with Gasteiger partial charge in [0.25, 0.3) is 5.91 Å². The molecule has 1 unspecified atom stereocenters. The van der Waals surface area contributed by atoms with Crippen molar-refractivity contribution in [2.24, 2.45) is 0 Å². The molecule has 7 heteroatoms. The number of carbonyl (C=O) groups excluding carboxylic acids is 2. The van der Waals surface area contributed by atoms with Crippen molar-refractivity contribution in [1.82, 2.24) is 0 Å². The summed E-state index contributed by atoms with van der Waals surface area (Å²) in [6.07, 6.45) is 1.45. The molecule has 0 spiro atoms. The number of carbonyl (C=O) groups is 2. The van der Waals surface area contributed by atoms with Gasteiger partial charge in [-0.3, -0.25) is 9.59 Å². The Bertz CT molecular complexity index is 1240. The molecule has 0 saturated carbocycles. The lowest BCUT2D eigenvalue weighted by Crippen LogP contribution is -2.19. The van der Waals surface area contributed by atoms with Gasteiger partial charge >= 0.3 is 0 Å². The van der Waals surface area contributed by atoms with Gasteiger partial charge in [-0.15, -0.1) is 11.8 Å². The van der Waals surface area contributed by atoms with E-state index in [1.165, 1.54) is 18.0 Å². The van der Waals surface area contributed by atoms with E-state index in [1.807, 2.05) is 61.5 Å². The summed E-state index contributed by atoms with van der Waals surface area (Å²) in [6.45, 7) is 1.87. The van der Waals surface area contributed by atoms with E-state index in [4.69, 9.17) is 16.0 Å². The van der Waals surface area contributed by atoms with Crippen LogP contribution in [-0.4, -0.2) is 11.8 Å². The molecule has 0 aliphatic carbocycles. The first-order valence-corrected chi connectivity index (χ1v) is 11.5. The van der Waals surface area contributed by atoms with Crippen molar-refractivity contribution >= 4 is 46.6 Å². The summed E-state index contributed by atoms with van der Waals surface area (Å²) in [6, 6.07) is 25.6. The minimum Gasteiger partial charge on any atom is -0.459 e. The molecule has 1 aromatic heterocycles. The first kappa shape index (κ1) is 22.7. The summed E-state index contributed by atoms with van der Waals surface area (Å²) >= 11 is 7.64. The van der Waals surface area contributed by atoms with Gasteiger partial charge in [-0.25, -0.2) is 0 Å². The monoisotopic (exact) mass is 476 g/mol. The normalized spacial score (nSPS) is 11.6. The first-order valence-electron chi connectivity index (χ1n) is 10.2. The average molecular weight is 477 g/mol. The zero-order valence-electron chi connectivity index (χ0n) is 17.7. The van der Waals surface area contributed by atoms with Crippen LogP contribution in [0.15, 0.2) is 101 Å². The van der Waals surface area contributed by atoms with Gasteiger partial charge in [0.2, 0.25) is 5.91 Å². The summed E-state index contributed by atoms with van der Waals surface area (Å²) < 4.78 is 5.11. The fraction of sp³-hybridized carbons (Fsp3) is 0.0769. The Morgan fingerprint density at radius 2 is 1.64 bits per heavy atom. The van der Waals surface area contributed by atoms with Gasteiger partial charge in [-0.2, -0.15) is 0 Å². The van der Waals surface area contributed by atoms with Crippen LogP contribution in [0.3, 0.4) is 0 Å². The molecule has 4 aromatic rings. The number of thioether (sulfide) groups is 1. The minimum atomic E-state index is -0.479. The lowest BCUT2D eigenvalue weighted by Gasteiger charge is -2.18. The second-order valence-electron chi connectivity index (χ2n) is 7.27. The second kappa shape index (κ2) is 10.4. The van der Waals surface area contributed by atoms with E-state index in [1.54, 1.807) is 30.3 Å². The van der Waals surface area contributed by atoms with Gasteiger partial charge < -0.3 is 15.1 Å². The van der Waals surface area contributed by atoms with Crippen molar-refractivity contribution in [1.29, 1.82) is 0 Å². The third kappa shape index (κ3) is 5.66. The fourth-order valence-electron chi connectivity index (χ4n) is 3.20. The number of rotatable bonds is 7. The van der Waals surface area contributed by atoms with E-state index in [0.717, 1.165) is 16.0 Å². The van der Waals surface area contributed by atoms with Crippen molar-refractivity contribution in [2.45, 2.75) is 17.1 Å². The molecule has 0 bridgehead atoms. The van der Waals surface area contributed by atoms with Gasteiger partial charge in [-0.05, 0) is 66.6 Å². The summed E-state index contributed by atoms with van der Waals surface area (Å²) in [7, 11) is 0. The van der Waals surface area contributed by atoms with Crippen LogP contribution in [0, 0.1) is 6.92 Å². The highest BCUT2D eigenvalue weighted by Crippen LogP contribution is 2.37. The Morgan fingerprint density at radius 3 is 2.33 bits per heavy atom. The highest BCUT2D eigenvalue weighted by molar-refractivity contribution is 8.00. The predicted octanol–water partition coefficient (Wildman–Crippen LogP) is 6.97. The quantitative estimate of drug-likeness (QED) is 0.283. The molecule has 4 rings (SSSR count). The average Bonchev–Trinajstić information content (AvgIpc) is 3.37. The van der Waals surface area contributed by atoms with E-state index in [0.29, 0.717) is 16.4 Å². The number of amides is 2. The highest BCUT2D eigenvalue weighted by atomic mass is 35.5. The van der Waals surface area contributed by atoms with Crippen LogP contribution in [0.5, 0.6) is 0 Å². The number of benzene rings is 3. The van der Waals surface area contributed by atoms with Crippen molar-refractivity contribution in [3.05, 3.63) is 113 Å². The zero-order chi connectivity index (χ0) is 23.2. The molecule has 0 radical (unpaired) electrons. The van der Waals surface area contributed by atoms with Gasteiger partial charge in [0.15, 0.2) is 5.76 Å². The lowest BCUT2D eigenvalue weighted by atomic mass is 10.1. The zero-order valence-corrected chi connectivity index (χ0v) is 19.3. The Hall–Kier alpha value is -3.48. The molecule has 2 amide bonds. The molecule has 1 heterocycles. The van der Waals surface area contributed by atoms with Crippen LogP contribution in [0.4, 0.5) is 11.4 Å². The summed E-state index contributed by atoms with van der Waals surface area (Å²) in [5, 5.41) is 5.92. The third-order valence-corrected chi connectivity index (χ3v) is 6.65. The number of furan rings is 1. The Kier molecular flexibility index (Phi) is 7.17. The predicted molar refractivity (Wildman–Crippen MR) is 133 cm³/mol. The molecular formula is C26H21ClN2O3S. The molecule has 0 fully saturated rings. The molecule has 0 aliphatic rings. The van der Waals surface area contributed by atoms with Crippen molar-refractivity contribution in [2.75, 3.05) is 10.6 Å². The van der Waals surface area contributed by atoms with Crippen LogP contribution in [0.2, 0.25) is 5.02 Å². The van der Waals surface area contributed by atoms with E-state index in [9.17, 15) is 9.59 Å². The Balaban J connectivity index is 1.51. The largest absolute Gasteiger partial charge is 0.459 e. The SMILES string of the molecule is Cc1c(Cl)cccc1NC(=O)C(Sc1ccc(NC(=O)c2ccco2)cc1)c1ccccc1. The van der Waals surface area contributed by atoms with Crippen LogP contribution in [0.1, 0.15) is 26.9 Å². The summed E-state index contributed by atoms with van der Waals surface area (Å²) in [4.78, 5) is 26.3. The van der Waals surface area contributed by atoms with Crippen LogP contribution in [0.25, 0.3) is 0 Å². The van der Waals surface area contributed by atoms with Crippen molar-refractivity contribution in [3.63, 3.8) is 0 Å². The maximum Gasteiger partial charge on any atom is 0.291 e. The molecule has 2 N–H and O–H groups in total. The smallest absolute Gasteiger partial charge is 0.291 e. The third-order valence-electron chi connectivity index (χ3n) is 4.98. The molecule has 1 atom stereocenters. The summed E-state index contributed by atoms with van der Waals surface area (Å²) in [5.74, 6) is -0.226. The number of nitrogens with one attached hydrogen (secondary N) is 2. The highest BCUT2D eigenvalue weighted by Gasteiger charge is 2.23. The Morgan fingerprint density at radius 1 is 0.879 bits per heavy atom. The molecule has 3 aromatic carbocycles. The van der Waals surface area contributed by atoms with Gasteiger partial charge in [0.05, 0.1) is 6.26 Å². The maximum atomic E-state index is 13.3. The molecule has 5 nitrogen and oxygen atoms in total. The number of hydrogen-bond acceptors (Lipinski definition) is 4. The van der Waals surface area contributed by atoms with E-state index in [-0.39, 0.29) is 17.6 Å².